The van der Waals surface area contributed by atoms with Crippen LogP contribution in [0.25, 0.3) is 0 Å². The largest absolute Gasteiger partial charge is 0.486 e. The van der Waals surface area contributed by atoms with Crippen molar-refractivity contribution in [3.05, 3.63) is 48.8 Å². The molecule has 1 aliphatic rings. The molecule has 2 aromatic rings. The van der Waals surface area contributed by atoms with Gasteiger partial charge >= 0.3 is 0 Å². The normalized spacial score (nSPS) is 17.0. The van der Waals surface area contributed by atoms with Gasteiger partial charge in [-0.3, -0.25) is 9.48 Å². The Morgan fingerprint density at radius 2 is 2.00 bits per heavy atom. The molecular weight excluding hydrogens is 316 g/mol. The van der Waals surface area contributed by atoms with Gasteiger partial charge < -0.3 is 15.4 Å². The Hall–Kier alpha value is -2.34. The topological polar surface area (TPSA) is 68.2 Å². The van der Waals surface area contributed by atoms with Gasteiger partial charge in [0.2, 0.25) is 5.91 Å². The van der Waals surface area contributed by atoms with Gasteiger partial charge in [0.25, 0.3) is 0 Å². The fourth-order valence-corrected chi connectivity index (χ4v) is 3.22. The molecule has 1 saturated heterocycles. The molecule has 1 aliphatic heterocycles. The summed E-state index contributed by atoms with van der Waals surface area (Å²) in [5, 5.41) is 10.7. The molecule has 0 unspecified atom stereocenters. The highest BCUT2D eigenvalue weighted by Crippen LogP contribution is 2.27. The number of carbonyl (C=O) groups is 1. The van der Waals surface area contributed by atoms with Crippen LogP contribution in [-0.4, -0.2) is 40.9 Å². The molecule has 1 aromatic heterocycles. The van der Waals surface area contributed by atoms with Crippen molar-refractivity contribution in [1.29, 1.82) is 0 Å². The zero-order valence-electron chi connectivity index (χ0n) is 14.9. The molecule has 6 heteroatoms. The second-order valence-corrected chi connectivity index (χ2v) is 7.09. The van der Waals surface area contributed by atoms with Gasteiger partial charge in [0.05, 0.1) is 6.54 Å². The molecular formula is C19H26N4O2. The monoisotopic (exact) mass is 342 g/mol. The first-order valence-electron chi connectivity index (χ1n) is 8.75. The first-order chi connectivity index (χ1) is 12.0. The van der Waals surface area contributed by atoms with E-state index >= 15 is 0 Å². The number of para-hydroxylation sites is 1. The minimum absolute atomic E-state index is 0.00226. The minimum Gasteiger partial charge on any atom is -0.486 e. The molecule has 0 radical (unpaired) electrons. The van der Waals surface area contributed by atoms with Crippen molar-refractivity contribution in [2.45, 2.75) is 37.8 Å². The van der Waals surface area contributed by atoms with Crippen LogP contribution in [0, 0.1) is 0 Å². The number of ether oxygens (including phenoxy) is 1. The van der Waals surface area contributed by atoms with E-state index in [1.807, 2.05) is 56.4 Å². The lowest BCUT2D eigenvalue weighted by Gasteiger charge is -2.37. The lowest BCUT2D eigenvalue weighted by molar-refractivity contribution is -0.132. The third-order valence-electron chi connectivity index (χ3n) is 4.61. The third kappa shape index (κ3) is 4.02. The van der Waals surface area contributed by atoms with Crippen molar-refractivity contribution in [3.8, 4) is 5.75 Å². The number of nitrogens with one attached hydrogen (secondary N) is 2. The smallest absolute Gasteiger partial charge is 0.248 e. The summed E-state index contributed by atoms with van der Waals surface area (Å²) in [6.07, 6.45) is 5.04. The fraction of sp³-hybridized carbons (Fsp3) is 0.474. The molecule has 2 heterocycles. The number of carbonyl (C=O) groups excluding carboxylic acids is 1. The van der Waals surface area contributed by atoms with Crippen molar-refractivity contribution < 1.29 is 9.53 Å². The number of aromatic nitrogens is 2. The molecule has 2 N–H and O–H groups in total. The standard InChI is InChI=1S/C19H26N4O2/c1-18(2,25-16-7-4-3-5-8-16)15-21-17(24)19(9-12-20-13-10-19)23-14-6-11-22-23/h3-8,11,14,20H,9-10,12-13,15H2,1-2H3,(H,21,24). The molecule has 1 amide bonds. The zero-order valence-corrected chi connectivity index (χ0v) is 14.9. The summed E-state index contributed by atoms with van der Waals surface area (Å²) in [7, 11) is 0. The van der Waals surface area contributed by atoms with E-state index in [0.717, 1.165) is 31.7 Å². The van der Waals surface area contributed by atoms with E-state index in [2.05, 4.69) is 15.7 Å². The van der Waals surface area contributed by atoms with Gasteiger partial charge in [-0.2, -0.15) is 5.10 Å². The molecule has 1 aromatic carbocycles. The van der Waals surface area contributed by atoms with Gasteiger partial charge in [-0.05, 0) is 58.0 Å². The summed E-state index contributed by atoms with van der Waals surface area (Å²) in [6, 6.07) is 11.5. The molecule has 25 heavy (non-hydrogen) atoms. The average molecular weight is 342 g/mol. The highest BCUT2D eigenvalue weighted by Gasteiger charge is 2.42. The van der Waals surface area contributed by atoms with Crippen molar-refractivity contribution in [2.24, 2.45) is 0 Å². The fourth-order valence-electron chi connectivity index (χ4n) is 3.22. The Bertz CT molecular complexity index is 677. The Morgan fingerprint density at radius 3 is 2.64 bits per heavy atom. The molecule has 0 saturated carbocycles. The Morgan fingerprint density at radius 1 is 1.28 bits per heavy atom. The van der Waals surface area contributed by atoms with Gasteiger partial charge in [0.1, 0.15) is 16.9 Å². The first kappa shape index (κ1) is 17.5. The number of piperidine rings is 1. The van der Waals surface area contributed by atoms with E-state index in [0.29, 0.717) is 6.54 Å². The summed E-state index contributed by atoms with van der Waals surface area (Å²) in [4.78, 5) is 13.1. The van der Waals surface area contributed by atoms with Gasteiger partial charge in [0, 0.05) is 12.4 Å². The summed E-state index contributed by atoms with van der Waals surface area (Å²) < 4.78 is 7.81. The SMILES string of the molecule is CC(C)(CNC(=O)C1(n2cccn2)CCNCC1)Oc1ccccc1. The van der Waals surface area contributed by atoms with Gasteiger partial charge in [-0.25, -0.2) is 0 Å². The van der Waals surface area contributed by atoms with Crippen LogP contribution in [0.4, 0.5) is 0 Å². The molecule has 0 spiro atoms. The third-order valence-corrected chi connectivity index (χ3v) is 4.61. The number of hydrogen-bond donors (Lipinski definition) is 2. The Balaban J connectivity index is 1.67. The average Bonchev–Trinajstić information content (AvgIpc) is 3.16. The van der Waals surface area contributed by atoms with Crippen LogP contribution in [-0.2, 0) is 10.3 Å². The van der Waals surface area contributed by atoms with E-state index in [4.69, 9.17) is 4.74 Å². The highest BCUT2D eigenvalue weighted by molar-refractivity contribution is 5.84. The predicted molar refractivity (Wildman–Crippen MR) is 96.5 cm³/mol. The molecule has 6 nitrogen and oxygen atoms in total. The predicted octanol–water partition coefficient (Wildman–Crippen LogP) is 1.94. The quantitative estimate of drug-likeness (QED) is 0.842. The second-order valence-electron chi connectivity index (χ2n) is 7.09. The van der Waals surface area contributed by atoms with E-state index < -0.39 is 11.1 Å². The lowest BCUT2D eigenvalue weighted by atomic mass is 9.87. The first-order valence-corrected chi connectivity index (χ1v) is 8.75. The molecule has 3 rings (SSSR count). The van der Waals surface area contributed by atoms with Crippen molar-refractivity contribution >= 4 is 5.91 Å². The van der Waals surface area contributed by atoms with E-state index in [-0.39, 0.29) is 5.91 Å². The Labute approximate surface area is 148 Å². The molecule has 0 atom stereocenters. The lowest BCUT2D eigenvalue weighted by Crippen LogP contribution is -2.56. The minimum atomic E-state index is -0.627. The van der Waals surface area contributed by atoms with Crippen LogP contribution in [0.2, 0.25) is 0 Å². The summed E-state index contributed by atoms with van der Waals surface area (Å²) >= 11 is 0. The molecule has 0 bridgehead atoms. The van der Waals surface area contributed by atoms with Crippen LogP contribution < -0.4 is 15.4 Å². The molecule has 1 fully saturated rings. The van der Waals surface area contributed by atoms with Crippen LogP contribution in [0.5, 0.6) is 5.75 Å². The summed E-state index contributed by atoms with van der Waals surface area (Å²) in [6.45, 7) is 5.98. The number of nitrogens with zero attached hydrogens (tertiary/aromatic N) is 2. The van der Waals surface area contributed by atoms with Crippen LogP contribution >= 0.6 is 0 Å². The van der Waals surface area contributed by atoms with Crippen LogP contribution in [0.1, 0.15) is 26.7 Å². The maximum absolute atomic E-state index is 13.1. The van der Waals surface area contributed by atoms with Crippen molar-refractivity contribution in [3.63, 3.8) is 0 Å². The number of rotatable bonds is 6. The maximum Gasteiger partial charge on any atom is 0.248 e. The number of amides is 1. The van der Waals surface area contributed by atoms with Crippen molar-refractivity contribution in [1.82, 2.24) is 20.4 Å². The van der Waals surface area contributed by atoms with Crippen LogP contribution in [0.3, 0.4) is 0 Å². The molecule has 134 valence electrons. The van der Waals surface area contributed by atoms with E-state index in [1.54, 1.807) is 10.9 Å². The van der Waals surface area contributed by atoms with Gasteiger partial charge in [-0.1, -0.05) is 18.2 Å². The number of hydrogen-bond acceptors (Lipinski definition) is 4. The number of benzene rings is 1. The summed E-state index contributed by atoms with van der Waals surface area (Å²) in [5.74, 6) is 0.799. The van der Waals surface area contributed by atoms with Gasteiger partial charge in [-0.15, -0.1) is 0 Å². The molecule has 0 aliphatic carbocycles. The Kier molecular flexibility index (Phi) is 5.08. The van der Waals surface area contributed by atoms with Crippen molar-refractivity contribution in [2.75, 3.05) is 19.6 Å². The van der Waals surface area contributed by atoms with E-state index in [9.17, 15) is 4.79 Å². The van der Waals surface area contributed by atoms with Gasteiger partial charge in [0.15, 0.2) is 0 Å². The highest BCUT2D eigenvalue weighted by atomic mass is 16.5. The van der Waals surface area contributed by atoms with Crippen LogP contribution in [0.15, 0.2) is 48.8 Å². The summed E-state index contributed by atoms with van der Waals surface area (Å²) in [5.41, 5.74) is -1.13. The maximum atomic E-state index is 13.1. The van der Waals surface area contributed by atoms with E-state index in [1.165, 1.54) is 0 Å². The zero-order chi connectivity index (χ0) is 17.8. The second kappa shape index (κ2) is 7.27.